The Bertz CT molecular complexity index is 706. The molecule has 7 nitrogen and oxygen atoms in total. The number of carbonyl (C=O) groups is 2. The van der Waals surface area contributed by atoms with Crippen LogP contribution in [0.1, 0.15) is 36.8 Å². The molecule has 27 heavy (non-hydrogen) atoms. The number of nitrogens with zero attached hydrogens (tertiary/aromatic N) is 1. The Hall–Kier alpha value is -1.99. The van der Waals surface area contributed by atoms with Crippen molar-refractivity contribution in [1.29, 1.82) is 0 Å². The highest BCUT2D eigenvalue weighted by molar-refractivity contribution is 5.89. The van der Waals surface area contributed by atoms with Gasteiger partial charge in [0.1, 0.15) is 0 Å². The summed E-state index contributed by atoms with van der Waals surface area (Å²) in [5.74, 6) is 1.40. The zero-order valence-electron chi connectivity index (χ0n) is 15.9. The summed E-state index contributed by atoms with van der Waals surface area (Å²) >= 11 is 0. The summed E-state index contributed by atoms with van der Waals surface area (Å²) in [5, 5.41) is 2.82. The lowest BCUT2D eigenvalue weighted by molar-refractivity contribution is -0.132. The number of halogens is 1. The van der Waals surface area contributed by atoms with E-state index in [1.807, 2.05) is 17.0 Å². The molecule has 0 bridgehead atoms. The van der Waals surface area contributed by atoms with Crippen LogP contribution in [0.3, 0.4) is 0 Å². The Morgan fingerprint density at radius 3 is 2.41 bits per heavy atom. The van der Waals surface area contributed by atoms with Gasteiger partial charge in [0.15, 0.2) is 11.5 Å². The van der Waals surface area contributed by atoms with E-state index < -0.39 is 5.54 Å². The Balaban J connectivity index is 0.00000261. The van der Waals surface area contributed by atoms with Crippen LogP contribution >= 0.6 is 12.4 Å². The largest absolute Gasteiger partial charge is 0.493 e. The van der Waals surface area contributed by atoms with Gasteiger partial charge in [-0.2, -0.15) is 0 Å². The van der Waals surface area contributed by atoms with E-state index in [0.29, 0.717) is 38.2 Å². The number of benzene rings is 1. The molecule has 1 aromatic rings. The van der Waals surface area contributed by atoms with Crippen LogP contribution in [0.5, 0.6) is 11.5 Å². The van der Waals surface area contributed by atoms with Crippen LogP contribution in [0, 0.1) is 0 Å². The van der Waals surface area contributed by atoms with Crippen molar-refractivity contribution in [3.05, 3.63) is 23.3 Å². The number of ether oxygens (including phenoxy) is 2. The normalized spacial score (nSPS) is 16.6. The zero-order chi connectivity index (χ0) is 18.7. The molecule has 1 fully saturated rings. The van der Waals surface area contributed by atoms with Crippen molar-refractivity contribution in [2.24, 2.45) is 5.73 Å². The molecule has 1 aliphatic heterocycles. The van der Waals surface area contributed by atoms with E-state index in [-0.39, 0.29) is 24.2 Å². The smallest absolute Gasteiger partial charge is 0.240 e. The molecule has 0 aromatic heterocycles. The van der Waals surface area contributed by atoms with Crippen molar-refractivity contribution in [1.82, 2.24) is 10.2 Å². The summed E-state index contributed by atoms with van der Waals surface area (Å²) < 4.78 is 10.7. The molecule has 1 saturated carbocycles. The minimum atomic E-state index is -0.652. The maximum atomic E-state index is 12.5. The van der Waals surface area contributed by atoms with Gasteiger partial charge in [-0.05, 0) is 48.9 Å². The molecule has 0 unspecified atom stereocenters. The number of fused-ring (bicyclic) bond motifs is 1. The molecule has 1 heterocycles. The maximum absolute atomic E-state index is 12.5. The fourth-order valence-corrected chi connectivity index (χ4v) is 3.23. The Labute approximate surface area is 166 Å². The Morgan fingerprint density at radius 1 is 1.19 bits per heavy atom. The number of rotatable bonds is 7. The van der Waals surface area contributed by atoms with Gasteiger partial charge in [0, 0.05) is 26.1 Å². The van der Waals surface area contributed by atoms with Crippen LogP contribution in [0.25, 0.3) is 0 Å². The second kappa shape index (κ2) is 8.80. The summed E-state index contributed by atoms with van der Waals surface area (Å²) in [6, 6.07) is 3.94. The van der Waals surface area contributed by atoms with Crippen LogP contribution in [-0.4, -0.2) is 49.6 Å². The lowest BCUT2D eigenvalue weighted by atomic mass is 9.98. The molecule has 1 aliphatic carbocycles. The van der Waals surface area contributed by atoms with E-state index in [4.69, 9.17) is 15.2 Å². The minimum Gasteiger partial charge on any atom is -0.493 e. The van der Waals surface area contributed by atoms with Crippen molar-refractivity contribution in [2.45, 2.75) is 44.2 Å². The van der Waals surface area contributed by atoms with Gasteiger partial charge in [0.2, 0.25) is 11.8 Å². The first kappa shape index (κ1) is 21.3. The number of carbonyl (C=O) groups excluding carboxylic acids is 2. The Morgan fingerprint density at radius 2 is 1.81 bits per heavy atom. The molecule has 0 atom stereocenters. The molecule has 150 valence electrons. The zero-order valence-corrected chi connectivity index (χ0v) is 16.7. The van der Waals surface area contributed by atoms with Crippen LogP contribution in [-0.2, 0) is 22.6 Å². The van der Waals surface area contributed by atoms with Gasteiger partial charge in [-0.25, -0.2) is 0 Å². The number of nitrogens with two attached hydrogens (primary N) is 1. The molecule has 1 aromatic carbocycles. The van der Waals surface area contributed by atoms with E-state index in [9.17, 15) is 9.59 Å². The summed E-state index contributed by atoms with van der Waals surface area (Å²) in [6.07, 6.45) is 3.34. The number of methoxy groups -OCH3 is 2. The highest BCUT2D eigenvalue weighted by atomic mass is 35.5. The third-order valence-electron chi connectivity index (χ3n) is 5.16. The standard InChI is InChI=1S/C19H27N3O4.ClH/c1-25-15-10-13-5-9-22(12-14(13)11-16(15)26-2)17(23)4-3-8-21-18(24)19(20)6-7-19;/h10-11H,3-9,12,20H2,1-2H3,(H,21,24);1H. The van der Waals surface area contributed by atoms with Crippen molar-refractivity contribution in [2.75, 3.05) is 27.3 Å². The van der Waals surface area contributed by atoms with Crippen LogP contribution in [0.15, 0.2) is 12.1 Å². The summed E-state index contributed by atoms with van der Waals surface area (Å²) in [6.45, 7) is 1.76. The van der Waals surface area contributed by atoms with E-state index in [1.54, 1.807) is 14.2 Å². The first-order valence-electron chi connectivity index (χ1n) is 9.05. The SMILES string of the molecule is COc1cc2c(cc1OC)CN(C(=O)CCCNC(=O)C1(N)CC1)CC2.Cl. The van der Waals surface area contributed by atoms with Crippen molar-refractivity contribution in [3.8, 4) is 11.5 Å². The summed E-state index contributed by atoms with van der Waals surface area (Å²) in [4.78, 5) is 26.1. The van der Waals surface area contributed by atoms with Crippen molar-refractivity contribution < 1.29 is 19.1 Å². The monoisotopic (exact) mass is 397 g/mol. The molecule has 2 amide bonds. The predicted octanol–water partition coefficient (Wildman–Crippen LogP) is 1.40. The molecule has 0 saturated heterocycles. The molecule has 0 spiro atoms. The van der Waals surface area contributed by atoms with E-state index >= 15 is 0 Å². The number of hydrogen-bond donors (Lipinski definition) is 2. The van der Waals surface area contributed by atoms with Gasteiger partial charge in [-0.3, -0.25) is 9.59 Å². The third kappa shape index (κ3) is 4.84. The molecule has 3 rings (SSSR count). The summed E-state index contributed by atoms with van der Waals surface area (Å²) in [7, 11) is 3.23. The molecular weight excluding hydrogens is 370 g/mol. The lowest BCUT2D eigenvalue weighted by Crippen LogP contribution is -2.43. The average Bonchev–Trinajstić information content (AvgIpc) is 3.41. The maximum Gasteiger partial charge on any atom is 0.240 e. The van der Waals surface area contributed by atoms with Gasteiger partial charge < -0.3 is 25.4 Å². The molecule has 3 N–H and O–H groups in total. The topological polar surface area (TPSA) is 93.9 Å². The predicted molar refractivity (Wildman–Crippen MR) is 104 cm³/mol. The highest BCUT2D eigenvalue weighted by Crippen LogP contribution is 2.33. The van der Waals surface area contributed by atoms with Gasteiger partial charge in [-0.1, -0.05) is 0 Å². The number of hydrogen-bond acceptors (Lipinski definition) is 5. The molecule has 2 aliphatic rings. The van der Waals surface area contributed by atoms with Crippen molar-refractivity contribution >= 4 is 24.2 Å². The van der Waals surface area contributed by atoms with Crippen molar-refractivity contribution in [3.63, 3.8) is 0 Å². The fourth-order valence-electron chi connectivity index (χ4n) is 3.23. The Kier molecular flexibility index (Phi) is 6.95. The first-order chi connectivity index (χ1) is 12.5. The van der Waals surface area contributed by atoms with Gasteiger partial charge in [0.05, 0.1) is 19.8 Å². The average molecular weight is 398 g/mol. The van der Waals surface area contributed by atoms with E-state index in [2.05, 4.69) is 5.32 Å². The first-order valence-corrected chi connectivity index (χ1v) is 9.05. The number of amides is 2. The van der Waals surface area contributed by atoms with E-state index in [1.165, 1.54) is 5.56 Å². The van der Waals surface area contributed by atoms with Gasteiger partial charge >= 0.3 is 0 Å². The van der Waals surface area contributed by atoms with Crippen LogP contribution < -0.4 is 20.5 Å². The minimum absolute atomic E-state index is 0. The molecular formula is C19H28ClN3O4. The van der Waals surface area contributed by atoms with Crippen LogP contribution in [0.2, 0.25) is 0 Å². The quantitative estimate of drug-likeness (QED) is 0.678. The molecule has 8 heteroatoms. The van der Waals surface area contributed by atoms with E-state index in [0.717, 1.165) is 30.6 Å². The second-order valence-corrected chi connectivity index (χ2v) is 7.06. The number of nitrogens with one attached hydrogen (secondary N) is 1. The second-order valence-electron chi connectivity index (χ2n) is 7.06. The summed E-state index contributed by atoms with van der Waals surface area (Å²) in [5.41, 5.74) is 7.46. The third-order valence-corrected chi connectivity index (χ3v) is 5.16. The molecule has 0 radical (unpaired) electrons. The lowest BCUT2D eigenvalue weighted by Gasteiger charge is -2.29. The highest BCUT2D eigenvalue weighted by Gasteiger charge is 2.45. The van der Waals surface area contributed by atoms with Crippen LogP contribution in [0.4, 0.5) is 0 Å². The van der Waals surface area contributed by atoms with Gasteiger partial charge in [0.25, 0.3) is 0 Å². The fraction of sp³-hybridized carbons (Fsp3) is 0.579. The van der Waals surface area contributed by atoms with Gasteiger partial charge in [-0.15, -0.1) is 12.4 Å².